The van der Waals surface area contributed by atoms with Crippen LogP contribution in [0.4, 0.5) is 0 Å². The molecule has 1 aliphatic heterocycles. The van der Waals surface area contributed by atoms with E-state index in [1.165, 1.54) is 43.6 Å². The molecule has 1 aromatic carbocycles. The van der Waals surface area contributed by atoms with Gasteiger partial charge < -0.3 is 15.5 Å². The van der Waals surface area contributed by atoms with Gasteiger partial charge >= 0.3 is 0 Å². The number of nitrogens with zero attached hydrogens (tertiary/aromatic N) is 2. The van der Waals surface area contributed by atoms with Crippen LogP contribution in [0.3, 0.4) is 0 Å². The first-order chi connectivity index (χ1) is 12.1. The Morgan fingerprint density at radius 2 is 1.96 bits per heavy atom. The lowest BCUT2D eigenvalue weighted by molar-refractivity contribution is 0.324. The maximum absolute atomic E-state index is 4.81. The Balaban J connectivity index is 0.00000338. The second-order valence-electron chi connectivity index (χ2n) is 7.37. The van der Waals surface area contributed by atoms with Crippen LogP contribution in [0.25, 0.3) is 0 Å². The molecule has 1 aliphatic rings. The molecule has 1 heterocycles. The number of nitrogens with one attached hydrogen (secondary N) is 2. The molecule has 1 fully saturated rings. The fourth-order valence-corrected chi connectivity index (χ4v) is 3.41. The maximum atomic E-state index is 4.81. The standard InChI is InChI=1S/C21H36N4.HI/c1-5-12-25-13-11-19(16-25)15-24-21(22-6-2)23-14-18(4)20-9-7-17(3)8-10-20;/h7-10,18-19H,5-6,11-16H2,1-4H3,(H2,22,23,24);1H. The third-order valence-electron chi connectivity index (χ3n) is 4.98. The van der Waals surface area contributed by atoms with Crippen molar-refractivity contribution in [1.29, 1.82) is 0 Å². The predicted octanol–water partition coefficient (Wildman–Crippen LogP) is 4.00. The van der Waals surface area contributed by atoms with Gasteiger partial charge in [-0.1, -0.05) is 43.7 Å². The quantitative estimate of drug-likeness (QED) is 0.341. The average Bonchev–Trinajstić information content (AvgIpc) is 3.05. The summed E-state index contributed by atoms with van der Waals surface area (Å²) in [5.41, 5.74) is 2.67. The van der Waals surface area contributed by atoms with Crippen LogP contribution in [0.15, 0.2) is 29.3 Å². The molecular formula is C21H37IN4. The maximum Gasteiger partial charge on any atom is 0.191 e. The number of benzene rings is 1. The Kier molecular flexibility index (Phi) is 11.2. The van der Waals surface area contributed by atoms with Gasteiger partial charge in [0.15, 0.2) is 5.96 Å². The van der Waals surface area contributed by atoms with E-state index in [0.29, 0.717) is 5.92 Å². The molecule has 0 saturated carbocycles. The molecule has 148 valence electrons. The van der Waals surface area contributed by atoms with Crippen LogP contribution < -0.4 is 10.6 Å². The lowest BCUT2D eigenvalue weighted by Gasteiger charge is -2.17. The molecule has 0 bridgehead atoms. The van der Waals surface area contributed by atoms with Crippen molar-refractivity contribution in [3.05, 3.63) is 35.4 Å². The van der Waals surface area contributed by atoms with E-state index in [9.17, 15) is 0 Å². The second kappa shape index (κ2) is 12.5. The van der Waals surface area contributed by atoms with E-state index in [4.69, 9.17) is 4.99 Å². The third kappa shape index (κ3) is 7.82. The third-order valence-corrected chi connectivity index (χ3v) is 4.98. The van der Waals surface area contributed by atoms with Crippen molar-refractivity contribution in [3.63, 3.8) is 0 Å². The van der Waals surface area contributed by atoms with Crippen molar-refractivity contribution in [2.24, 2.45) is 10.9 Å². The van der Waals surface area contributed by atoms with Gasteiger partial charge in [0.2, 0.25) is 0 Å². The minimum absolute atomic E-state index is 0. The Hall–Kier alpha value is -0.820. The van der Waals surface area contributed by atoms with E-state index >= 15 is 0 Å². The van der Waals surface area contributed by atoms with Crippen LogP contribution in [0.1, 0.15) is 50.7 Å². The highest BCUT2D eigenvalue weighted by atomic mass is 127. The average molecular weight is 472 g/mol. The Bertz CT molecular complexity index is 529. The van der Waals surface area contributed by atoms with Gasteiger partial charge in [-0.2, -0.15) is 0 Å². The molecule has 2 N–H and O–H groups in total. The minimum Gasteiger partial charge on any atom is -0.357 e. The molecule has 0 spiro atoms. The molecule has 2 unspecified atom stereocenters. The summed E-state index contributed by atoms with van der Waals surface area (Å²) in [6.45, 7) is 15.2. The Morgan fingerprint density at radius 3 is 2.62 bits per heavy atom. The van der Waals surface area contributed by atoms with Gasteiger partial charge in [0.25, 0.3) is 0 Å². The largest absolute Gasteiger partial charge is 0.357 e. The Labute approximate surface area is 177 Å². The molecule has 5 heteroatoms. The summed E-state index contributed by atoms with van der Waals surface area (Å²) in [6.07, 6.45) is 2.55. The molecule has 0 radical (unpaired) electrons. The van der Waals surface area contributed by atoms with Gasteiger partial charge in [-0.3, -0.25) is 4.99 Å². The van der Waals surface area contributed by atoms with Crippen LogP contribution >= 0.6 is 24.0 Å². The SMILES string of the molecule is CCCN1CCC(CNC(=NCC(C)c2ccc(C)cc2)NCC)C1.I. The van der Waals surface area contributed by atoms with Crippen molar-refractivity contribution in [3.8, 4) is 0 Å². The molecule has 0 aromatic heterocycles. The van der Waals surface area contributed by atoms with Crippen molar-refractivity contribution < 1.29 is 0 Å². The summed E-state index contributed by atoms with van der Waals surface area (Å²) in [5, 5.41) is 6.94. The number of guanidine groups is 1. The first-order valence-corrected chi connectivity index (χ1v) is 9.93. The van der Waals surface area contributed by atoms with Crippen LogP contribution in [-0.4, -0.2) is 50.1 Å². The highest BCUT2D eigenvalue weighted by molar-refractivity contribution is 14.0. The summed E-state index contributed by atoms with van der Waals surface area (Å²) in [5.74, 6) is 2.13. The summed E-state index contributed by atoms with van der Waals surface area (Å²) in [4.78, 5) is 7.39. The van der Waals surface area contributed by atoms with Gasteiger partial charge in [-0.05, 0) is 51.3 Å². The molecule has 26 heavy (non-hydrogen) atoms. The highest BCUT2D eigenvalue weighted by Crippen LogP contribution is 2.17. The van der Waals surface area contributed by atoms with E-state index in [-0.39, 0.29) is 24.0 Å². The number of hydrogen-bond acceptors (Lipinski definition) is 2. The van der Waals surface area contributed by atoms with Crippen LogP contribution in [0.2, 0.25) is 0 Å². The molecule has 1 saturated heterocycles. The minimum atomic E-state index is 0. The zero-order valence-corrected chi connectivity index (χ0v) is 19.3. The zero-order chi connectivity index (χ0) is 18.1. The fourth-order valence-electron chi connectivity index (χ4n) is 3.41. The number of aryl methyl sites for hydroxylation is 1. The van der Waals surface area contributed by atoms with Gasteiger partial charge in [0.05, 0.1) is 0 Å². The van der Waals surface area contributed by atoms with E-state index in [1.54, 1.807) is 0 Å². The topological polar surface area (TPSA) is 39.7 Å². The van der Waals surface area contributed by atoms with E-state index < -0.39 is 0 Å². The molecule has 2 rings (SSSR count). The number of likely N-dealkylation sites (tertiary alicyclic amines) is 1. The van der Waals surface area contributed by atoms with Crippen LogP contribution in [-0.2, 0) is 0 Å². The first kappa shape index (κ1) is 23.2. The van der Waals surface area contributed by atoms with Crippen molar-refractivity contribution in [2.45, 2.75) is 46.5 Å². The zero-order valence-electron chi connectivity index (χ0n) is 16.9. The summed E-state index contributed by atoms with van der Waals surface area (Å²) in [7, 11) is 0. The lowest BCUT2D eigenvalue weighted by atomic mass is 10.0. The number of aliphatic imine (C=N–C) groups is 1. The Morgan fingerprint density at radius 1 is 1.23 bits per heavy atom. The van der Waals surface area contributed by atoms with Gasteiger partial charge in [-0.25, -0.2) is 0 Å². The lowest BCUT2D eigenvalue weighted by Crippen LogP contribution is -2.40. The molecule has 2 atom stereocenters. The first-order valence-electron chi connectivity index (χ1n) is 9.93. The second-order valence-corrected chi connectivity index (χ2v) is 7.37. The van der Waals surface area contributed by atoms with Gasteiger partial charge in [0.1, 0.15) is 0 Å². The molecule has 0 amide bonds. The van der Waals surface area contributed by atoms with Crippen LogP contribution in [0.5, 0.6) is 0 Å². The number of rotatable bonds is 8. The van der Waals surface area contributed by atoms with Crippen LogP contribution in [0, 0.1) is 12.8 Å². The highest BCUT2D eigenvalue weighted by Gasteiger charge is 2.21. The number of hydrogen-bond donors (Lipinski definition) is 2. The normalized spacial score (nSPS) is 19.1. The van der Waals surface area contributed by atoms with Gasteiger partial charge in [0, 0.05) is 32.1 Å². The van der Waals surface area contributed by atoms with E-state index in [1.807, 2.05) is 0 Å². The van der Waals surface area contributed by atoms with Crippen molar-refractivity contribution in [2.75, 3.05) is 39.3 Å². The van der Waals surface area contributed by atoms with Crippen molar-refractivity contribution in [1.82, 2.24) is 15.5 Å². The van der Waals surface area contributed by atoms with Gasteiger partial charge in [-0.15, -0.1) is 24.0 Å². The number of halogens is 1. The van der Waals surface area contributed by atoms with E-state index in [2.05, 4.69) is 67.5 Å². The summed E-state index contributed by atoms with van der Waals surface area (Å²) in [6, 6.07) is 8.80. The van der Waals surface area contributed by atoms with Crippen molar-refractivity contribution >= 4 is 29.9 Å². The molecule has 1 aromatic rings. The fraction of sp³-hybridized carbons (Fsp3) is 0.667. The summed E-state index contributed by atoms with van der Waals surface area (Å²) < 4.78 is 0. The smallest absolute Gasteiger partial charge is 0.191 e. The summed E-state index contributed by atoms with van der Waals surface area (Å²) >= 11 is 0. The molecular weight excluding hydrogens is 435 g/mol. The van der Waals surface area contributed by atoms with E-state index in [0.717, 1.165) is 31.5 Å². The monoisotopic (exact) mass is 472 g/mol. The predicted molar refractivity (Wildman–Crippen MR) is 124 cm³/mol. The molecule has 4 nitrogen and oxygen atoms in total. The molecule has 0 aliphatic carbocycles.